The van der Waals surface area contributed by atoms with Gasteiger partial charge in [0.1, 0.15) is 0 Å². The van der Waals surface area contributed by atoms with E-state index in [1.807, 2.05) is 12.1 Å². The van der Waals surface area contributed by atoms with Gasteiger partial charge in [0.05, 0.1) is 12.5 Å². The second-order valence-corrected chi connectivity index (χ2v) is 8.54. The predicted molar refractivity (Wildman–Crippen MR) is 129 cm³/mol. The zero-order valence-electron chi connectivity index (χ0n) is 18.6. The summed E-state index contributed by atoms with van der Waals surface area (Å²) < 4.78 is 0. The average Bonchev–Trinajstić information content (AvgIpc) is 3.18. The summed E-state index contributed by atoms with van der Waals surface area (Å²) in [4.78, 5) is 17.3. The van der Waals surface area contributed by atoms with E-state index in [-0.39, 0.29) is 11.9 Å². The first-order valence-electron chi connectivity index (χ1n) is 11.0. The number of nitrogens with one attached hydrogen (secondary N) is 1. The maximum atomic E-state index is 12.7. The number of rotatable bonds is 7. The molecule has 1 aliphatic heterocycles. The van der Waals surface area contributed by atoms with Crippen molar-refractivity contribution >= 4 is 17.3 Å². The van der Waals surface area contributed by atoms with Gasteiger partial charge in [-0.2, -0.15) is 0 Å². The Morgan fingerprint density at radius 2 is 1.81 bits per heavy atom. The number of anilines is 2. The zero-order valence-corrected chi connectivity index (χ0v) is 18.6. The molecule has 0 bridgehead atoms. The summed E-state index contributed by atoms with van der Waals surface area (Å²) in [5.41, 5.74) is 7.28. The highest BCUT2D eigenvalue weighted by Crippen LogP contribution is 2.35. The van der Waals surface area contributed by atoms with Gasteiger partial charge in [-0.1, -0.05) is 60.2 Å². The Hall–Kier alpha value is -3.27. The number of benzene rings is 3. The lowest BCUT2D eigenvalue weighted by Crippen LogP contribution is -2.38. The third-order valence-electron chi connectivity index (χ3n) is 6.03. The molecule has 1 atom stereocenters. The molecule has 0 aliphatic carbocycles. The fourth-order valence-corrected chi connectivity index (χ4v) is 4.37. The van der Waals surface area contributed by atoms with Crippen LogP contribution in [0.3, 0.4) is 0 Å². The SMILES string of the molecule is Cc1cccc(CC(=O)NCC(c2ccc(N(C)C)cc2)N2CCc3ccccc32)c1. The van der Waals surface area contributed by atoms with Gasteiger partial charge in [0, 0.05) is 38.6 Å². The van der Waals surface area contributed by atoms with Crippen LogP contribution in [0.25, 0.3) is 0 Å². The van der Waals surface area contributed by atoms with Crippen molar-refractivity contribution in [2.24, 2.45) is 0 Å². The van der Waals surface area contributed by atoms with Crippen molar-refractivity contribution < 1.29 is 4.79 Å². The quantitative estimate of drug-likeness (QED) is 0.618. The molecular weight excluding hydrogens is 382 g/mol. The van der Waals surface area contributed by atoms with Crippen LogP contribution < -0.4 is 15.1 Å². The fraction of sp³-hybridized carbons (Fsp3) is 0.296. The number of hydrogen-bond acceptors (Lipinski definition) is 3. The Labute approximate surface area is 185 Å². The van der Waals surface area contributed by atoms with Crippen molar-refractivity contribution in [3.63, 3.8) is 0 Å². The van der Waals surface area contributed by atoms with Gasteiger partial charge in [-0.3, -0.25) is 4.79 Å². The van der Waals surface area contributed by atoms with Crippen LogP contribution in [-0.2, 0) is 17.6 Å². The van der Waals surface area contributed by atoms with Crippen LogP contribution in [-0.4, -0.2) is 33.1 Å². The summed E-state index contributed by atoms with van der Waals surface area (Å²) in [5.74, 6) is 0.0630. The number of nitrogens with zero attached hydrogens (tertiary/aromatic N) is 2. The molecule has 0 saturated carbocycles. The summed E-state index contributed by atoms with van der Waals surface area (Å²) in [6.45, 7) is 3.60. The van der Waals surface area contributed by atoms with E-state index in [9.17, 15) is 4.79 Å². The molecule has 1 amide bonds. The van der Waals surface area contributed by atoms with E-state index < -0.39 is 0 Å². The molecule has 0 saturated heterocycles. The monoisotopic (exact) mass is 413 g/mol. The second kappa shape index (κ2) is 9.25. The minimum Gasteiger partial charge on any atom is -0.378 e. The minimum absolute atomic E-state index is 0.0630. The maximum absolute atomic E-state index is 12.7. The van der Waals surface area contributed by atoms with Crippen LogP contribution in [0.15, 0.2) is 72.8 Å². The Kier molecular flexibility index (Phi) is 6.26. The van der Waals surface area contributed by atoms with E-state index in [1.54, 1.807) is 0 Å². The van der Waals surface area contributed by atoms with Gasteiger partial charge in [-0.05, 0) is 48.2 Å². The molecule has 1 aliphatic rings. The van der Waals surface area contributed by atoms with E-state index in [2.05, 4.69) is 96.8 Å². The fourth-order valence-electron chi connectivity index (χ4n) is 4.37. The van der Waals surface area contributed by atoms with Crippen molar-refractivity contribution in [3.05, 3.63) is 95.1 Å². The molecule has 4 nitrogen and oxygen atoms in total. The summed E-state index contributed by atoms with van der Waals surface area (Å²) in [7, 11) is 4.10. The first kappa shape index (κ1) is 21.0. The highest BCUT2D eigenvalue weighted by Gasteiger charge is 2.27. The predicted octanol–water partition coefficient (Wildman–Crippen LogP) is 4.52. The summed E-state index contributed by atoms with van der Waals surface area (Å²) in [5, 5.41) is 3.20. The highest BCUT2D eigenvalue weighted by atomic mass is 16.1. The molecular formula is C27H31N3O. The third-order valence-corrected chi connectivity index (χ3v) is 6.03. The molecule has 0 fully saturated rings. The Morgan fingerprint density at radius 1 is 1.03 bits per heavy atom. The van der Waals surface area contributed by atoms with E-state index in [4.69, 9.17) is 0 Å². The Morgan fingerprint density at radius 3 is 2.55 bits per heavy atom. The minimum atomic E-state index is 0.0630. The molecule has 31 heavy (non-hydrogen) atoms. The number of amides is 1. The summed E-state index contributed by atoms with van der Waals surface area (Å²) >= 11 is 0. The number of fused-ring (bicyclic) bond motifs is 1. The molecule has 3 aromatic carbocycles. The molecule has 0 spiro atoms. The van der Waals surface area contributed by atoms with Crippen molar-refractivity contribution in [2.45, 2.75) is 25.8 Å². The van der Waals surface area contributed by atoms with Gasteiger partial charge in [-0.15, -0.1) is 0 Å². The van der Waals surface area contributed by atoms with E-state index >= 15 is 0 Å². The topological polar surface area (TPSA) is 35.6 Å². The van der Waals surface area contributed by atoms with Crippen molar-refractivity contribution in [1.82, 2.24) is 5.32 Å². The van der Waals surface area contributed by atoms with Gasteiger partial charge in [0.2, 0.25) is 5.91 Å². The van der Waals surface area contributed by atoms with Crippen LogP contribution in [0.2, 0.25) is 0 Å². The number of carbonyl (C=O) groups excluding carboxylic acids is 1. The summed E-state index contributed by atoms with van der Waals surface area (Å²) in [6.07, 6.45) is 1.45. The number of carbonyl (C=O) groups is 1. The Balaban J connectivity index is 1.53. The average molecular weight is 414 g/mol. The van der Waals surface area contributed by atoms with Gasteiger partial charge in [0.15, 0.2) is 0 Å². The lowest BCUT2D eigenvalue weighted by atomic mass is 10.0. The van der Waals surface area contributed by atoms with Crippen LogP contribution in [0.5, 0.6) is 0 Å². The molecule has 1 unspecified atom stereocenters. The van der Waals surface area contributed by atoms with Gasteiger partial charge >= 0.3 is 0 Å². The third kappa shape index (κ3) is 4.91. The van der Waals surface area contributed by atoms with Gasteiger partial charge in [0.25, 0.3) is 0 Å². The highest BCUT2D eigenvalue weighted by molar-refractivity contribution is 5.78. The lowest BCUT2D eigenvalue weighted by molar-refractivity contribution is -0.120. The van der Waals surface area contributed by atoms with E-state index in [1.165, 1.54) is 28.1 Å². The Bertz CT molecular complexity index is 1040. The van der Waals surface area contributed by atoms with Crippen molar-refractivity contribution in [1.29, 1.82) is 0 Å². The lowest BCUT2D eigenvalue weighted by Gasteiger charge is -2.31. The molecule has 160 valence electrons. The van der Waals surface area contributed by atoms with Crippen molar-refractivity contribution in [2.75, 3.05) is 37.0 Å². The standard InChI is InChI=1S/C27H31N3O/c1-20-7-6-8-21(17-20)18-27(31)28-19-26(23-11-13-24(14-12-23)29(2)3)30-16-15-22-9-4-5-10-25(22)30/h4-14,17,26H,15-16,18-19H2,1-3H3,(H,28,31). The van der Waals surface area contributed by atoms with Crippen LogP contribution in [0.1, 0.15) is 28.3 Å². The van der Waals surface area contributed by atoms with Crippen LogP contribution >= 0.6 is 0 Å². The first-order chi connectivity index (χ1) is 15.0. The smallest absolute Gasteiger partial charge is 0.224 e. The first-order valence-corrected chi connectivity index (χ1v) is 11.0. The molecule has 4 heteroatoms. The largest absolute Gasteiger partial charge is 0.378 e. The molecule has 0 radical (unpaired) electrons. The normalized spacial score (nSPS) is 13.6. The molecule has 1 heterocycles. The van der Waals surface area contributed by atoms with Gasteiger partial charge in [-0.25, -0.2) is 0 Å². The van der Waals surface area contributed by atoms with Crippen LogP contribution in [0, 0.1) is 6.92 Å². The number of aryl methyl sites for hydroxylation is 1. The van der Waals surface area contributed by atoms with Gasteiger partial charge < -0.3 is 15.1 Å². The summed E-state index contributed by atoms with van der Waals surface area (Å²) in [6, 6.07) is 25.5. The van der Waals surface area contributed by atoms with E-state index in [0.717, 1.165) is 18.5 Å². The molecule has 4 rings (SSSR count). The molecule has 1 N–H and O–H groups in total. The van der Waals surface area contributed by atoms with Crippen molar-refractivity contribution in [3.8, 4) is 0 Å². The van der Waals surface area contributed by atoms with Crippen LogP contribution in [0.4, 0.5) is 11.4 Å². The maximum Gasteiger partial charge on any atom is 0.224 e. The second-order valence-electron chi connectivity index (χ2n) is 8.54. The van der Waals surface area contributed by atoms with E-state index in [0.29, 0.717) is 13.0 Å². The zero-order chi connectivity index (χ0) is 21.8. The molecule has 3 aromatic rings. The number of hydrogen-bond donors (Lipinski definition) is 1. The number of para-hydroxylation sites is 1. The molecule has 0 aromatic heterocycles.